The van der Waals surface area contributed by atoms with E-state index in [2.05, 4.69) is 0 Å². The molecule has 0 amide bonds. The molecule has 3 nitrogen and oxygen atoms in total. The van der Waals surface area contributed by atoms with Gasteiger partial charge in [-0.05, 0) is 55.7 Å². The van der Waals surface area contributed by atoms with Gasteiger partial charge < -0.3 is 10.5 Å². The summed E-state index contributed by atoms with van der Waals surface area (Å²) < 4.78 is 5.32. The smallest absolute Gasteiger partial charge is 0.195 e. The van der Waals surface area contributed by atoms with Crippen LogP contribution in [0.2, 0.25) is 0 Å². The fraction of sp³-hybridized carbons (Fsp3) is 0.235. The van der Waals surface area contributed by atoms with E-state index in [0.29, 0.717) is 16.8 Å². The van der Waals surface area contributed by atoms with Crippen molar-refractivity contribution in [2.45, 2.75) is 20.8 Å². The summed E-state index contributed by atoms with van der Waals surface area (Å²) in [6.45, 7) is 5.76. The number of para-hydroxylation sites is 1. The number of methoxy groups -OCH3 is 1. The predicted octanol–water partition coefficient (Wildman–Crippen LogP) is 3.43. The fourth-order valence-corrected chi connectivity index (χ4v) is 2.44. The van der Waals surface area contributed by atoms with Crippen molar-refractivity contribution in [2.75, 3.05) is 12.8 Å². The van der Waals surface area contributed by atoms with Gasteiger partial charge >= 0.3 is 0 Å². The Hall–Kier alpha value is -2.29. The Kier molecular flexibility index (Phi) is 3.79. The molecule has 0 aliphatic carbocycles. The van der Waals surface area contributed by atoms with E-state index in [1.54, 1.807) is 13.2 Å². The molecule has 0 saturated carbocycles. The Morgan fingerprint density at radius 1 is 1.05 bits per heavy atom. The Morgan fingerprint density at radius 3 is 2.20 bits per heavy atom. The second kappa shape index (κ2) is 5.37. The zero-order valence-corrected chi connectivity index (χ0v) is 12.3. The molecule has 0 fully saturated rings. The van der Waals surface area contributed by atoms with Crippen molar-refractivity contribution in [1.82, 2.24) is 0 Å². The van der Waals surface area contributed by atoms with E-state index in [9.17, 15) is 4.79 Å². The molecule has 2 rings (SSSR count). The molecule has 104 valence electrons. The number of hydrogen-bond donors (Lipinski definition) is 1. The van der Waals surface area contributed by atoms with Gasteiger partial charge in [-0.15, -0.1) is 0 Å². The number of nitrogens with two attached hydrogens (primary N) is 1. The third-order valence-corrected chi connectivity index (χ3v) is 3.50. The molecular weight excluding hydrogens is 250 g/mol. The molecule has 0 unspecified atom stereocenters. The summed E-state index contributed by atoms with van der Waals surface area (Å²) in [4.78, 5) is 12.6. The summed E-state index contributed by atoms with van der Waals surface area (Å²) in [5.74, 6) is 0.763. The second-order valence-electron chi connectivity index (χ2n) is 5.01. The van der Waals surface area contributed by atoms with Gasteiger partial charge in [-0.2, -0.15) is 0 Å². The lowest BCUT2D eigenvalue weighted by molar-refractivity contribution is 0.103. The number of carbonyl (C=O) groups excluding carboxylic acids is 1. The minimum absolute atomic E-state index is 0.0555. The predicted molar refractivity (Wildman–Crippen MR) is 81.5 cm³/mol. The zero-order chi connectivity index (χ0) is 14.9. The van der Waals surface area contributed by atoms with Crippen LogP contribution in [-0.2, 0) is 0 Å². The van der Waals surface area contributed by atoms with E-state index >= 15 is 0 Å². The van der Waals surface area contributed by atoms with Crippen molar-refractivity contribution in [1.29, 1.82) is 0 Å². The first-order chi connectivity index (χ1) is 9.45. The number of benzene rings is 2. The van der Waals surface area contributed by atoms with Crippen LogP contribution in [0.5, 0.6) is 5.75 Å². The molecule has 0 saturated heterocycles. The van der Waals surface area contributed by atoms with Crippen LogP contribution in [0.1, 0.15) is 32.6 Å². The van der Waals surface area contributed by atoms with Gasteiger partial charge in [0.1, 0.15) is 5.75 Å². The van der Waals surface area contributed by atoms with Crippen molar-refractivity contribution >= 4 is 11.5 Å². The lowest BCUT2D eigenvalue weighted by atomic mass is 9.96. The Balaban J connectivity index is 2.52. The van der Waals surface area contributed by atoms with E-state index < -0.39 is 0 Å². The number of ketones is 1. The topological polar surface area (TPSA) is 52.3 Å². The first-order valence-corrected chi connectivity index (χ1v) is 6.50. The van der Waals surface area contributed by atoms with Gasteiger partial charge in [0.05, 0.1) is 7.11 Å². The highest BCUT2D eigenvalue weighted by molar-refractivity contribution is 6.12. The maximum Gasteiger partial charge on any atom is 0.195 e. The molecule has 0 radical (unpaired) electrons. The minimum Gasteiger partial charge on any atom is -0.496 e. The highest BCUT2D eigenvalue weighted by Gasteiger charge is 2.16. The van der Waals surface area contributed by atoms with Gasteiger partial charge in [-0.1, -0.05) is 12.1 Å². The molecule has 2 N–H and O–H groups in total. The molecule has 0 aliphatic rings. The van der Waals surface area contributed by atoms with E-state index in [1.807, 2.05) is 45.0 Å². The van der Waals surface area contributed by atoms with E-state index in [0.717, 1.165) is 22.4 Å². The van der Waals surface area contributed by atoms with Gasteiger partial charge in [0.15, 0.2) is 5.78 Å². The monoisotopic (exact) mass is 269 g/mol. The summed E-state index contributed by atoms with van der Waals surface area (Å²) in [5, 5.41) is 0. The third-order valence-electron chi connectivity index (χ3n) is 3.50. The molecule has 3 heteroatoms. The average molecular weight is 269 g/mol. The van der Waals surface area contributed by atoms with Crippen molar-refractivity contribution in [3.05, 3.63) is 58.1 Å². The Labute approximate surface area is 119 Å². The van der Waals surface area contributed by atoms with Crippen LogP contribution in [0.3, 0.4) is 0 Å². The van der Waals surface area contributed by atoms with Crippen LogP contribution in [0.25, 0.3) is 0 Å². The van der Waals surface area contributed by atoms with Gasteiger partial charge in [0, 0.05) is 16.8 Å². The fourth-order valence-electron chi connectivity index (χ4n) is 2.44. The van der Waals surface area contributed by atoms with Crippen LogP contribution in [0.4, 0.5) is 5.69 Å². The van der Waals surface area contributed by atoms with Crippen molar-refractivity contribution in [2.24, 2.45) is 0 Å². The molecule has 20 heavy (non-hydrogen) atoms. The number of ether oxygens (including phenoxy) is 1. The standard InChI is InChI=1S/C17H19NO2/c1-10-6-5-7-14(15(10)18)16(19)13-8-11(2)17(20-4)12(3)9-13/h5-9H,18H2,1-4H3. The summed E-state index contributed by atoms with van der Waals surface area (Å²) in [6, 6.07) is 9.20. The number of aryl methyl sites for hydroxylation is 3. The molecular formula is C17H19NO2. The van der Waals surface area contributed by atoms with E-state index in [1.165, 1.54) is 0 Å². The maximum absolute atomic E-state index is 12.6. The lowest BCUT2D eigenvalue weighted by Gasteiger charge is -2.12. The van der Waals surface area contributed by atoms with E-state index in [4.69, 9.17) is 10.5 Å². The molecule has 0 bridgehead atoms. The SMILES string of the molecule is COc1c(C)cc(C(=O)c2cccc(C)c2N)cc1C. The molecule has 2 aromatic rings. The average Bonchev–Trinajstić information content (AvgIpc) is 2.41. The molecule has 0 atom stereocenters. The normalized spacial score (nSPS) is 10.4. The third kappa shape index (κ3) is 2.39. The molecule has 0 heterocycles. The quantitative estimate of drug-likeness (QED) is 0.686. The first kappa shape index (κ1) is 14.1. The van der Waals surface area contributed by atoms with Crippen LogP contribution >= 0.6 is 0 Å². The van der Waals surface area contributed by atoms with Gasteiger partial charge in [-0.25, -0.2) is 0 Å². The molecule has 0 aliphatic heterocycles. The number of nitrogen functional groups attached to an aromatic ring is 1. The van der Waals surface area contributed by atoms with Crippen LogP contribution in [-0.4, -0.2) is 12.9 Å². The maximum atomic E-state index is 12.6. The number of rotatable bonds is 3. The highest BCUT2D eigenvalue weighted by atomic mass is 16.5. The molecule has 0 spiro atoms. The summed E-state index contributed by atoms with van der Waals surface area (Å²) >= 11 is 0. The Morgan fingerprint density at radius 2 is 1.65 bits per heavy atom. The first-order valence-electron chi connectivity index (χ1n) is 6.50. The summed E-state index contributed by atoms with van der Waals surface area (Å²) in [5.41, 5.74) is 10.5. The molecule has 0 aromatic heterocycles. The van der Waals surface area contributed by atoms with Crippen LogP contribution in [0.15, 0.2) is 30.3 Å². The van der Waals surface area contributed by atoms with Crippen molar-refractivity contribution in [3.63, 3.8) is 0 Å². The van der Waals surface area contributed by atoms with Crippen molar-refractivity contribution < 1.29 is 9.53 Å². The van der Waals surface area contributed by atoms with Crippen LogP contribution < -0.4 is 10.5 Å². The zero-order valence-electron chi connectivity index (χ0n) is 12.3. The molecule has 2 aromatic carbocycles. The minimum atomic E-state index is -0.0555. The largest absolute Gasteiger partial charge is 0.496 e. The number of hydrogen-bond acceptors (Lipinski definition) is 3. The van der Waals surface area contributed by atoms with Gasteiger partial charge in [-0.3, -0.25) is 4.79 Å². The van der Waals surface area contributed by atoms with Gasteiger partial charge in [0.2, 0.25) is 0 Å². The second-order valence-corrected chi connectivity index (χ2v) is 5.01. The van der Waals surface area contributed by atoms with Crippen LogP contribution in [0, 0.1) is 20.8 Å². The number of anilines is 1. The highest BCUT2D eigenvalue weighted by Crippen LogP contribution is 2.27. The van der Waals surface area contributed by atoms with Gasteiger partial charge in [0.25, 0.3) is 0 Å². The lowest BCUT2D eigenvalue weighted by Crippen LogP contribution is -2.07. The summed E-state index contributed by atoms with van der Waals surface area (Å²) in [6.07, 6.45) is 0. The Bertz CT molecular complexity index is 652. The van der Waals surface area contributed by atoms with E-state index in [-0.39, 0.29) is 5.78 Å². The van der Waals surface area contributed by atoms with Crippen molar-refractivity contribution in [3.8, 4) is 5.75 Å². The number of carbonyl (C=O) groups is 1. The summed E-state index contributed by atoms with van der Waals surface area (Å²) in [7, 11) is 1.63.